The van der Waals surface area contributed by atoms with Crippen LogP contribution in [-0.2, 0) is 6.42 Å². The average molecular weight is 214 g/mol. The minimum atomic E-state index is 1.10. The number of fused-ring (bicyclic) bond motifs is 1. The van der Waals surface area contributed by atoms with Crippen molar-refractivity contribution in [3.63, 3.8) is 0 Å². The first-order valence-electron chi connectivity index (χ1n) is 5.88. The van der Waals surface area contributed by atoms with Crippen molar-refractivity contribution in [3.8, 4) is 0 Å². The number of aryl methyl sites for hydroxylation is 1. The molecule has 1 aromatic heterocycles. The molecule has 0 unspecified atom stereocenters. The number of nitrogens with zero attached hydrogens (tertiary/aromatic N) is 2. The number of rotatable bonds is 4. The maximum atomic E-state index is 4.29. The van der Waals surface area contributed by atoms with Crippen molar-refractivity contribution in [2.75, 3.05) is 7.05 Å². The lowest BCUT2D eigenvalue weighted by Crippen LogP contribution is -2.33. The molecule has 0 aliphatic carbocycles. The number of unbranched alkanes of at least 4 members (excludes halogenated alkanes) is 1. The van der Waals surface area contributed by atoms with Gasteiger partial charge < -0.3 is 5.43 Å². The van der Waals surface area contributed by atoms with E-state index in [4.69, 9.17) is 0 Å². The maximum absolute atomic E-state index is 4.29. The topological polar surface area (TPSA) is 18.0 Å². The van der Waals surface area contributed by atoms with E-state index in [2.05, 4.69) is 48.9 Å². The molecule has 0 fully saturated rings. The summed E-state index contributed by atoms with van der Waals surface area (Å²) in [6, 6.07) is 10.7. The molecule has 0 aliphatic heterocycles. The predicted molar refractivity (Wildman–Crippen MR) is 67.4 cm³/mol. The van der Waals surface area contributed by atoms with Gasteiger partial charge >= 0.3 is 0 Å². The van der Waals surface area contributed by atoms with E-state index in [1.165, 1.54) is 29.3 Å². The molecule has 0 spiro atoms. The lowest BCUT2D eigenvalue weighted by molar-refractivity contribution is -0.630. The number of hydrogen-bond donors (Lipinski definition) is 0. The van der Waals surface area contributed by atoms with Crippen molar-refractivity contribution in [3.05, 3.63) is 47.6 Å². The number of aromatic nitrogens is 1. The van der Waals surface area contributed by atoms with Crippen molar-refractivity contribution in [1.82, 2.24) is 0 Å². The van der Waals surface area contributed by atoms with Gasteiger partial charge in [0.15, 0.2) is 11.9 Å². The van der Waals surface area contributed by atoms with Gasteiger partial charge in [0.25, 0.3) is 0 Å². The number of hydrogen-bond acceptors (Lipinski definition) is 0. The highest BCUT2D eigenvalue weighted by Crippen LogP contribution is 2.14. The van der Waals surface area contributed by atoms with Gasteiger partial charge in [-0.1, -0.05) is 38.6 Å². The van der Waals surface area contributed by atoms with Gasteiger partial charge in [0, 0.05) is 17.9 Å². The van der Waals surface area contributed by atoms with Crippen molar-refractivity contribution < 1.29 is 4.68 Å². The summed E-state index contributed by atoms with van der Waals surface area (Å²) in [7, 11) is 1.84. The molecule has 0 radical (unpaired) electrons. The summed E-state index contributed by atoms with van der Waals surface area (Å²) in [5, 5.41) is 2.54. The van der Waals surface area contributed by atoms with E-state index in [1.807, 2.05) is 11.7 Å². The smallest absolute Gasteiger partial charge is 0.177 e. The molecule has 16 heavy (non-hydrogen) atoms. The standard InChI is InChI=1S/C14H18N2/c1-3-4-9-14-10-12-7-5-6-8-13(12)11-16(14)15-2/h5-8,10-11H,3-4,9H2,1-2H3. The molecule has 2 nitrogen and oxygen atoms in total. The summed E-state index contributed by atoms with van der Waals surface area (Å²) in [5.41, 5.74) is 5.58. The maximum Gasteiger partial charge on any atom is 0.177 e. The Morgan fingerprint density at radius 1 is 1.19 bits per heavy atom. The van der Waals surface area contributed by atoms with E-state index >= 15 is 0 Å². The molecule has 2 rings (SSSR count). The Labute approximate surface area is 96.9 Å². The highest BCUT2D eigenvalue weighted by atomic mass is 15.4. The van der Waals surface area contributed by atoms with Crippen LogP contribution in [0.25, 0.3) is 16.2 Å². The van der Waals surface area contributed by atoms with Crippen molar-refractivity contribution in [1.29, 1.82) is 0 Å². The summed E-state index contributed by atoms with van der Waals surface area (Å²) in [5.74, 6) is 0. The van der Waals surface area contributed by atoms with Gasteiger partial charge in [-0.25, -0.2) is 4.68 Å². The molecular formula is C14H18N2. The predicted octanol–water partition coefficient (Wildman–Crippen LogP) is 3.24. The fourth-order valence-electron chi connectivity index (χ4n) is 1.95. The highest BCUT2D eigenvalue weighted by molar-refractivity contribution is 5.80. The van der Waals surface area contributed by atoms with Gasteiger partial charge in [-0.3, -0.25) is 0 Å². The van der Waals surface area contributed by atoms with Crippen molar-refractivity contribution in [2.24, 2.45) is 0 Å². The zero-order valence-electron chi connectivity index (χ0n) is 9.98. The first-order valence-corrected chi connectivity index (χ1v) is 5.88. The Bertz CT molecular complexity index is 477. The Morgan fingerprint density at radius 2 is 1.94 bits per heavy atom. The summed E-state index contributed by atoms with van der Waals surface area (Å²) in [6.07, 6.45) is 5.64. The minimum Gasteiger partial charge on any atom is -0.438 e. The Morgan fingerprint density at radius 3 is 2.62 bits per heavy atom. The van der Waals surface area contributed by atoms with Crippen LogP contribution in [0.2, 0.25) is 0 Å². The van der Waals surface area contributed by atoms with E-state index in [0.717, 1.165) is 6.42 Å². The molecule has 84 valence electrons. The molecular weight excluding hydrogens is 196 g/mol. The molecule has 0 aliphatic rings. The molecule has 0 atom stereocenters. The third-order valence-electron chi connectivity index (χ3n) is 2.88. The largest absolute Gasteiger partial charge is 0.438 e. The molecule has 1 aromatic carbocycles. The van der Waals surface area contributed by atoms with E-state index in [1.54, 1.807) is 0 Å². The number of benzene rings is 1. The second kappa shape index (κ2) is 4.97. The van der Waals surface area contributed by atoms with E-state index in [9.17, 15) is 0 Å². The van der Waals surface area contributed by atoms with E-state index in [0.29, 0.717) is 0 Å². The molecule has 0 saturated carbocycles. The fraction of sp³-hybridized carbons (Fsp3) is 0.357. The first-order chi connectivity index (χ1) is 7.85. The monoisotopic (exact) mass is 214 g/mol. The zero-order chi connectivity index (χ0) is 11.4. The Hall–Kier alpha value is -1.57. The van der Waals surface area contributed by atoms with Crippen LogP contribution in [0.3, 0.4) is 0 Å². The van der Waals surface area contributed by atoms with Crippen LogP contribution in [0.1, 0.15) is 25.5 Å². The van der Waals surface area contributed by atoms with Gasteiger partial charge in [-0.05, 0) is 17.9 Å². The molecule has 0 saturated heterocycles. The van der Waals surface area contributed by atoms with Crippen molar-refractivity contribution in [2.45, 2.75) is 26.2 Å². The van der Waals surface area contributed by atoms with Crippen molar-refractivity contribution >= 4 is 10.8 Å². The van der Waals surface area contributed by atoms with Gasteiger partial charge in [0.05, 0.1) is 0 Å². The van der Waals surface area contributed by atoms with Gasteiger partial charge in [-0.2, -0.15) is 0 Å². The quantitative estimate of drug-likeness (QED) is 0.696. The third-order valence-corrected chi connectivity index (χ3v) is 2.88. The molecule has 0 bridgehead atoms. The van der Waals surface area contributed by atoms with Gasteiger partial charge in [-0.15, -0.1) is 0 Å². The highest BCUT2D eigenvalue weighted by Gasteiger charge is 2.06. The van der Waals surface area contributed by atoms with Crippen LogP contribution >= 0.6 is 0 Å². The van der Waals surface area contributed by atoms with E-state index in [-0.39, 0.29) is 0 Å². The fourth-order valence-corrected chi connectivity index (χ4v) is 1.95. The minimum absolute atomic E-state index is 1.10. The van der Waals surface area contributed by atoms with Crippen LogP contribution in [0.5, 0.6) is 0 Å². The van der Waals surface area contributed by atoms with Crippen LogP contribution < -0.4 is 4.68 Å². The lowest BCUT2D eigenvalue weighted by Gasteiger charge is -2.12. The second-order valence-electron chi connectivity index (χ2n) is 4.04. The summed E-state index contributed by atoms with van der Waals surface area (Å²) < 4.78 is 2.00. The van der Waals surface area contributed by atoms with Crippen LogP contribution in [0.15, 0.2) is 36.5 Å². The van der Waals surface area contributed by atoms with Crippen LogP contribution in [0.4, 0.5) is 0 Å². The molecule has 0 amide bonds. The zero-order valence-corrected chi connectivity index (χ0v) is 9.98. The van der Waals surface area contributed by atoms with Crippen LogP contribution in [0, 0.1) is 0 Å². The first kappa shape index (κ1) is 10.9. The summed E-state index contributed by atoms with van der Waals surface area (Å²) in [6.45, 7) is 2.22. The second-order valence-corrected chi connectivity index (χ2v) is 4.04. The normalized spacial score (nSPS) is 10.6. The summed E-state index contributed by atoms with van der Waals surface area (Å²) in [4.78, 5) is 0. The van der Waals surface area contributed by atoms with E-state index < -0.39 is 0 Å². The average Bonchev–Trinajstić information content (AvgIpc) is 2.35. The molecule has 2 heteroatoms. The molecule has 1 heterocycles. The SMILES string of the molecule is CCCCc1cc2ccccc2c[n+]1[N-]C. The molecule has 2 aromatic rings. The van der Waals surface area contributed by atoms with Gasteiger partial charge in [0.2, 0.25) is 0 Å². The molecule has 0 N–H and O–H groups in total. The van der Waals surface area contributed by atoms with Gasteiger partial charge in [0.1, 0.15) is 0 Å². The third kappa shape index (κ3) is 2.16. The number of pyridine rings is 1. The lowest BCUT2D eigenvalue weighted by atomic mass is 10.1. The van der Waals surface area contributed by atoms with Crippen LogP contribution in [-0.4, -0.2) is 7.05 Å². The summed E-state index contributed by atoms with van der Waals surface area (Å²) >= 11 is 0. The Balaban J connectivity index is 2.45. The Kier molecular flexibility index (Phi) is 3.40.